The highest BCUT2D eigenvalue weighted by atomic mass is 35.5. The largest absolute Gasteiger partial charge is 0.367 e. The number of carbonyl (C=O) groups is 1. The van der Waals surface area contributed by atoms with Gasteiger partial charge in [-0.15, -0.1) is 0 Å². The zero-order valence-electron chi connectivity index (χ0n) is 11.7. The van der Waals surface area contributed by atoms with E-state index >= 15 is 0 Å². The molecule has 0 radical (unpaired) electrons. The van der Waals surface area contributed by atoms with Crippen molar-refractivity contribution in [3.05, 3.63) is 40.9 Å². The average molecular weight is 306 g/mol. The molecule has 2 aromatic rings. The minimum absolute atomic E-state index is 0.0294. The van der Waals surface area contributed by atoms with E-state index in [9.17, 15) is 4.79 Å². The maximum atomic E-state index is 12.4. The number of hydrogen-bond donors (Lipinski definition) is 1. The van der Waals surface area contributed by atoms with E-state index in [4.69, 9.17) is 11.6 Å². The van der Waals surface area contributed by atoms with Crippen molar-refractivity contribution >= 4 is 23.2 Å². The SMILES string of the molecule is Cc1[nH]ncc1C(=O)N1CCN(c2ccncc2Cl)CC1. The van der Waals surface area contributed by atoms with Crippen molar-refractivity contribution in [2.75, 3.05) is 31.1 Å². The third kappa shape index (κ3) is 2.71. The van der Waals surface area contributed by atoms with Gasteiger partial charge in [0.25, 0.3) is 5.91 Å². The molecule has 1 amide bonds. The van der Waals surface area contributed by atoms with Crippen LogP contribution in [0.25, 0.3) is 0 Å². The molecule has 0 spiro atoms. The van der Waals surface area contributed by atoms with Gasteiger partial charge >= 0.3 is 0 Å². The van der Waals surface area contributed by atoms with E-state index in [1.54, 1.807) is 18.6 Å². The first-order valence-electron chi connectivity index (χ1n) is 6.80. The molecule has 1 fully saturated rings. The fourth-order valence-corrected chi connectivity index (χ4v) is 2.75. The molecule has 21 heavy (non-hydrogen) atoms. The first kappa shape index (κ1) is 13.9. The molecule has 1 saturated heterocycles. The fourth-order valence-electron chi connectivity index (χ4n) is 2.51. The van der Waals surface area contributed by atoms with Crippen LogP contribution in [0.15, 0.2) is 24.7 Å². The van der Waals surface area contributed by atoms with Crippen LogP contribution in [0.2, 0.25) is 5.02 Å². The number of H-pyrrole nitrogens is 1. The van der Waals surface area contributed by atoms with Gasteiger partial charge in [-0.1, -0.05) is 11.6 Å². The minimum atomic E-state index is 0.0294. The lowest BCUT2D eigenvalue weighted by Gasteiger charge is -2.36. The number of nitrogens with one attached hydrogen (secondary N) is 1. The maximum absolute atomic E-state index is 12.4. The third-order valence-corrected chi connectivity index (χ3v) is 4.01. The Morgan fingerprint density at radius 2 is 2.05 bits per heavy atom. The number of carbonyl (C=O) groups excluding carboxylic acids is 1. The highest BCUT2D eigenvalue weighted by molar-refractivity contribution is 6.33. The van der Waals surface area contributed by atoms with Crippen LogP contribution in [-0.4, -0.2) is 52.2 Å². The molecule has 2 aromatic heterocycles. The summed E-state index contributed by atoms with van der Waals surface area (Å²) in [4.78, 5) is 20.4. The molecule has 6 nitrogen and oxygen atoms in total. The molecule has 0 saturated carbocycles. The van der Waals surface area contributed by atoms with Gasteiger partial charge in [0.1, 0.15) is 0 Å². The summed E-state index contributed by atoms with van der Waals surface area (Å²) in [6, 6.07) is 1.90. The second-order valence-corrected chi connectivity index (χ2v) is 5.42. The topological polar surface area (TPSA) is 65.1 Å². The predicted molar refractivity (Wildman–Crippen MR) is 80.7 cm³/mol. The van der Waals surface area contributed by atoms with Crippen molar-refractivity contribution in [1.82, 2.24) is 20.1 Å². The maximum Gasteiger partial charge on any atom is 0.257 e. The Bertz CT molecular complexity index is 648. The third-order valence-electron chi connectivity index (χ3n) is 3.72. The molecule has 3 rings (SSSR count). The average Bonchev–Trinajstić information content (AvgIpc) is 2.93. The van der Waals surface area contributed by atoms with E-state index in [2.05, 4.69) is 20.1 Å². The lowest BCUT2D eigenvalue weighted by molar-refractivity contribution is 0.0746. The summed E-state index contributed by atoms with van der Waals surface area (Å²) in [5, 5.41) is 7.34. The van der Waals surface area contributed by atoms with E-state index < -0.39 is 0 Å². The number of piperazine rings is 1. The van der Waals surface area contributed by atoms with Gasteiger partial charge in [0.05, 0.1) is 22.5 Å². The number of amides is 1. The summed E-state index contributed by atoms with van der Waals surface area (Å²) < 4.78 is 0. The van der Waals surface area contributed by atoms with Crippen LogP contribution < -0.4 is 4.90 Å². The summed E-state index contributed by atoms with van der Waals surface area (Å²) in [6.45, 7) is 4.70. The van der Waals surface area contributed by atoms with Crippen molar-refractivity contribution in [3.8, 4) is 0 Å². The Morgan fingerprint density at radius 1 is 1.29 bits per heavy atom. The van der Waals surface area contributed by atoms with E-state index in [1.807, 2.05) is 17.9 Å². The van der Waals surface area contributed by atoms with E-state index in [-0.39, 0.29) is 5.91 Å². The van der Waals surface area contributed by atoms with Crippen molar-refractivity contribution in [2.24, 2.45) is 0 Å². The quantitative estimate of drug-likeness (QED) is 0.917. The lowest BCUT2D eigenvalue weighted by Crippen LogP contribution is -2.49. The van der Waals surface area contributed by atoms with Gasteiger partial charge in [-0.05, 0) is 13.0 Å². The van der Waals surface area contributed by atoms with Crippen LogP contribution in [0, 0.1) is 6.92 Å². The van der Waals surface area contributed by atoms with Crippen molar-refractivity contribution in [2.45, 2.75) is 6.92 Å². The van der Waals surface area contributed by atoms with Gasteiger partial charge in [-0.3, -0.25) is 14.9 Å². The smallest absolute Gasteiger partial charge is 0.257 e. The summed E-state index contributed by atoms with van der Waals surface area (Å²) in [6.07, 6.45) is 4.96. The van der Waals surface area contributed by atoms with Gasteiger partial charge in [-0.25, -0.2) is 0 Å². The van der Waals surface area contributed by atoms with Gasteiger partial charge in [-0.2, -0.15) is 5.10 Å². The monoisotopic (exact) mass is 305 g/mol. The molecule has 3 heterocycles. The van der Waals surface area contributed by atoms with Crippen molar-refractivity contribution in [3.63, 3.8) is 0 Å². The molecular formula is C14H16ClN5O. The van der Waals surface area contributed by atoms with Gasteiger partial charge < -0.3 is 9.80 Å². The van der Waals surface area contributed by atoms with Gasteiger partial charge in [0, 0.05) is 44.3 Å². The number of pyridine rings is 1. The summed E-state index contributed by atoms with van der Waals surface area (Å²) in [7, 11) is 0. The first-order valence-corrected chi connectivity index (χ1v) is 7.18. The number of anilines is 1. The molecular weight excluding hydrogens is 290 g/mol. The predicted octanol–water partition coefficient (Wildman–Crippen LogP) is 1.73. The molecule has 0 unspecified atom stereocenters. The number of aromatic amines is 1. The molecule has 110 valence electrons. The number of hydrogen-bond acceptors (Lipinski definition) is 4. The van der Waals surface area contributed by atoms with E-state index in [0.717, 1.165) is 24.5 Å². The normalized spacial score (nSPS) is 15.3. The minimum Gasteiger partial charge on any atom is -0.367 e. The lowest BCUT2D eigenvalue weighted by atomic mass is 10.2. The van der Waals surface area contributed by atoms with E-state index in [1.165, 1.54) is 0 Å². The fraction of sp³-hybridized carbons (Fsp3) is 0.357. The summed E-state index contributed by atoms with van der Waals surface area (Å²) in [5.41, 5.74) is 2.42. The Labute approximate surface area is 127 Å². The first-order chi connectivity index (χ1) is 10.2. The van der Waals surface area contributed by atoms with Crippen LogP contribution in [0.4, 0.5) is 5.69 Å². The van der Waals surface area contributed by atoms with Crippen LogP contribution in [0.5, 0.6) is 0 Å². The second kappa shape index (κ2) is 5.73. The molecule has 0 aromatic carbocycles. The Kier molecular flexibility index (Phi) is 3.79. The van der Waals surface area contributed by atoms with Crippen LogP contribution in [0.1, 0.15) is 16.1 Å². The zero-order chi connectivity index (χ0) is 14.8. The molecule has 0 atom stereocenters. The van der Waals surface area contributed by atoms with Crippen molar-refractivity contribution in [1.29, 1.82) is 0 Å². The van der Waals surface area contributed by atoms with Gasteiger partial charge in [0.15, 0.2) is 0 Å². The number of nitrogens with zero attached hydrogens (tertiary/aromatic N) is 4. The Morgan fingerprint density at radius 3 is 2.67 bits per heavy atom. The number of rotatable bonds is 2. The summed E-state index contributed by atoms with van der Waals surface area (Å²) >= 11 is 6.16. The van der Waals surface area contributed by atoms with E-state index in [0.29, 0.717) is 23.7 Å². The molecule has 1 N–H and O–H groups in total. The number of aromatic nitrogens is 3. The van der Waals surface area contributed by atoms with Crippen LogP contribution >= 0.6 is 11.6 Å². The molecule has 1 aliphatic heterocycles. The molecule has 0 aliphatic carbocycles. The number of aryl methyl sites for hydroxylation is 1. The highest BCUT2D eigenvalue weighted by Crippen LogP contribution is 2.25. The van der Waals surface area contributed by atoms with Crippen LogP contribution in [-0.2, 0) is 0 Å². The standard InChI is InChI=1S/C14H16ClN5O/c1-10-11(8-17-18-10)14(21)20-6-4-19(5-7-20)13-2-3-16-9-12(13)15/h2-3,8-9H,4-7H2,1H3,(H,17,18). The highest BCUT2D eigenvalue weighted by Gasteiger charge is 2.24. The van der Waals surface area contributed by atoms with Crippen LogP contribution in [0.3, 0.4) is 0 Å². The van der Waals surface area contributed by atoms with Crippen molar-refractivity contribution < 1.29 is 4.79 Å². The molecule has 7 heteroatoms. The summed E-state index contributed by atoms with van der Waals surface area (Å²) in [5.74, 6) is 0.0294. The second-order valence-electron chi connectivity index (χ2n) is 5.02. The van der Waals surface area contributed by atoms with Gasteiger partial charge in [0.2, 0.25) is 0 Å². The molecule has 1 aliphatic rings. The Hall–Kier alpha value is -2.08. The molecule has 0 bridgehead atoms. The Balaban J connectivity index is 1.67. The number of halogens is 1. The zero-order valence-corrected chi connectivity index (χ0v) is 12.5.